The van der Waals surface area contributed by atoms with Gasteiger partial charge in [-0.2, -0.15) is 0 Å². The normalized spacial score (nSPS) is 8.67. The lowest BCUT2D eigenvalue weighted by Crippen LogP contribution is -2.07. The number of aromatic nitrogens is 1. The Morgan fingerprint density at radius 1 is 1.75 bits per heavy atom. The molecule has 12 heavy (non-hydrogen) atoms. The summed E-state index contributed by atoms with van der Waals surface area (Å²) < 4.78 is 0. The summed E-state index contributed by atoms with van der Waals surface area (Å²) in [6.07, 6.45) is 6.75. The maximum atomic E-state index is 10.7. The molecule has 0 radical (unpaired) electrons. The van der Waals surface area contributed by atoms with Gasteiger partial charge in [-0.3, -0.25) is 4.79 Å². The van der Waals surface area contributed by atoms with E-state index in [4.69, 9.17) is 6.42 Å². The molecule has 1 rings (SSSR count). The molecule has 0 bridgehead atoms. The molecule has 0 spiro atoms. The first kappa shape index (κ1) is 8.28. The van der Waals surface area contributed by atoms with Gasteiger partial charge in [0.05, 0.1) is 5.69 Å². The highest BCUT2D eigenvalue weighted by Gasteiger charge is 2.00. The molecule has 0 saturated heterocycles. The van der Waals surface area contributed by atoms with E-state index in [1.165, 1.54) is 6.92 Å². The Bertz CT molecular complexity index is 339. The lowest BCUT2D eigenvalue weighted by atomic mass is 10.3. The van der Waals surface area contributed by atoms with Crippen molar-refractivity contribution in [1.29, 1.82) is 0 Å². The fraction of sp³-hybridized carbons (Fsp3) is 0.111. The van der Waals surface area contributed by atoms with Crippen molar-refractivity contribution in [3.8, 4) is 12.3 Å². The second kappa shape index (κ2) is 3.54. The van der Waals surface area contributed by atoms with E-state index in [-0.39, 0.29) is 5.91 Å². The fourth-order valence-electron chi connectivity index (χ4n) is 0.811. The Balaban J connectivity index is 2.99. The quantitative estimate of drug-likeness (QED) is 0.623. The van der Waals surface area contributed by atoms with Crippen molar-refractivity contribution in [1.82, 2.24) is 4.98 Å². The van der Waals surface area contributed by atoms with Gasteiger partial charge in [-0.1, -0.05) is 0 Å². The molecule has 60 valence electrons. The number of carbonyl (C=O) groups is 1. The van der Waals surface area contributed by atoms with E-state index in [0.29, 0.717) is 11.4 Å². The van der Waals surface area contributed by atoms with Crippen LogP contribution >= 0.6 is 0 Å². The molecule has 0 aromatic carbocycles. The van der Waals surface area contributed by atoms with Gasteiger partial charge in [0.2, 0.25) is 5.91 Å². The zero-order valence-electron chi connectivity index (χ0n) is 6.66. The molecular weight excluding hydrogens is 152 g/mol. The standard InChI is InChI=1S/C9H8N2O/c1-3-8-9(11-7(2)12)5-4-6-10-8/h1,4-6H,2H3,(H,11,12). The molecule has 0 aliphatic heterocycles. The minimum absolute atomic E-state index is 0.153. The minimum atomic E-state index is -0.153. The SMILES string of the molecule is C#Cc1ncccc1NC(C)=O. The van der Waals surface area contributed by atoms with Crippen LogP contribution in [0.5, 0.6) is 0 Å². The molecule has 0 atom stereocenters. The molecule has 1 aromatic rings. The van der Waals surface area contributed by atoms with Crippen molar-refractivity contribution in [2.45, 2.75) is 6.92 Å². The number of terminal acetylenes is 1. The lowest BCUT2D eigenvalue weighted by molar-refractivity contribution is -0.114. The number of hydrogen-bond acceptors (Lipinski definition) is 2. The summed E-state index contributed by atoms with van der Waals surface area (Å²) in [5.74, 6) is 2.22. The first-order valence-electron chi connectivity index (χ1n) is 3.43. The van der Waals surface area contributed by atoms with Crippen LogP contribution in [-0.2, 0) is 4.79 Å². The zero-order valence-corrected chi connectivity index (χ0v) is 6.66. The zero-order chi connectivity index (χ0) is 8.97. The highest BCUT2D eigenvalue weighted by atomic mass is 16.1. The van der Waals surface area contributed by atoms with Crippen LogP contribution in [0.15, 0.2) is 18.3 Å². The molecule has 0 fully saturated rings. The van der Waals surface area contributed by atoms with Crippen LogP contribution in [0.2, 0.25) is 0 Å². The average Bonchev–Trinajstić information content (AvgIpc) is 2.04. The maximum Gasteiger partial charge on any atom is 0.221 e. The molecule has 1 heterocycles. The van der Waals surface area contributed by atoms with E-state index in [1.807, 2.05) is 0 Å². The second-order valence-electron chi connectivity index (χ2n) is 2.23. The smallest absolute Gasteiger partial charge is 0.221 e. The first-order valence-corrected chi connectivity index (χ1v) is 3.43. The number of pyridine rings is 1. The predicted octanol–water partition coefficient (Wildman–Crippen LogP) is 1.02. The molecule has 0 aliphatic rings. The average molecular weight is 160 g/mol. The number of nitrogens with zero attached hydrogens (tertiary/aromatic N) is 1. The lowest BCUT2D eigenvalue weighted by Gasteiger charge is -2.02. The van der Waals surface area contributed by atoms with E-state index in [0.717, 1.165) is 0 Å². The van der Waals surface area contributed by atoms with Crippen LogP contribution in [0.25, 0.3) is 0 Å². The summed E-state index contributed by atoms with van der Waals surface area (Å²) in [6.45, 7) is 1.42. The molecule has 1 aromatic heterocycles. The summed E-state index contributed by atoms with van der Waals surface area (Å²) in [4.78, 5) is 14.6. The van der Waals surface area contributed by atoms with Gasteiger partial charge in [-0.05, 0) is 18.1 Å². The van der Waals surface area contributed by atoms with Gasteiger partial charge in [-0.25, -0.2) is 4.98 Å². The monoisotopic (exact) mass is 160 g/mol. The highest BCUT2D eigenvalue weighted by molar-refractivity contribution is 5.89. The molecule has 0 aliphatic carbocycles. The maximum absolute atomic E-state index is 10.7. The molecular formula is C9H8N2O. The third-order valence-electron chi connectivity index (χ3n) is 1.26. The molecule has 0 saturated carbocycles. The van der Waals surface area contributed by atoms with E-state index in [1.54, 1.807) is 18.3 Å². The number of hydrogen-bond donors (Lipinski definition) is 1. The minimum Gasteiger partial charge on any atom is -0.324 e. The Morgan fingerprint density at radius 3 is 3.08 bits per heavy atom. The molecule has 1 N–H and O–H groups in total. The number of anilines is 1. The van der Waals surface area contributed by atoms with Crippen LogP contribution in [0, 0.1) is 12.3 Å². The second-order valence-corrected chi connectivity index (χ2v) is 2.23. The summed E-state index contributed by atoms with van der Waals surface area (Å²) >= 11 is 0. The van der Waals surface area contributed by atoms with E-state index < -0.39 is 0 Å². The molecule has 1 amide bonds. The predicted molar refractivity (Wildman–Crippen MR) is 46.5 cm³/mol. The summed E-state index contributed by atoms with van der Waals surface area (Å²) in [5, 5.41) is 2.58. The van der Waals surface area contributed by atoms with Crippen molar-refractivity contribution in [2.75, 3.05) is 5.32 Å². The molecule has 3 heteroatoms. The van der Waals surface area contributed by atoms with Crippen molar-refractivity contribution in [3.05, 3.63) is 24.0 Å². The van der Waals surface area contributed by atoms with Gasteiger partial charge in [0.1, 0.15) is 5.69 Å². The number of nitrogens with one attached hydrogen (secondary N) is 1. The van der Waals surface area contributed by atoms with Crippen molar-refractivity contribution in [3.63, 3.8) is 0 Å². The van der Waals surface area contributed by atoms with Gasteiger partial charge < -0.3 is 5.32 Å². The Morgan fingerprint density at radius 2 is 2.50 bits per heavy atom. The largest absolute Gasteiger partial charge is 0.324 e. The van der Waals surface area contributed by atoms with Gasteiger partial charge in [-0.15, -0.1) is 6.42 Å². The van der Waals surface area contributed by atoms with Crippen LogP contribution in [0.3, 0.4) is 0 Å². The van der Waals surface area contributed by atoms with Crippen molar-refractivity contribution >= 4 is 11.6 Å². The Hall–Kier alpha value is -1.82. The van der Waals surface area contributed by atoms with Gasteiger partial charge in [0, 0.05) is 13.1 Å². The third kappa shape index (κ3) is 1.83. The molecule has 0 unspecified atom stereocenters. The van der Waals surface area contributed by atoms with Crippen molar-refractivity contribution < 1.29 is 4.79 Å². The van der Waals surface area contributed by atoms with Gasteiger partial charge in [0.15, 0.2) is 0 Å². The summed E-state index contributed by atoms with van der Waals surface area (Å²) in [5.41, 5.74) is 1.03. The Labute approximate surface area is 70.8 Å². The highest BCUT2D eigenvalue weighted by Crippen LogP contribution is 2.09. The Kier molecular flexibility index (Phi) is 2.44. The van der Waals surface area contributed by atoms with Gasteiger partial charge in [0.25, 0.3) is 0 Å². The van der Waals surface area contributed by atoms with Crippen LogP contribution in [-0.4, -0.2) is 10.9 Å². The summed E-state index contributed by atoms with van der Waals surface area (Å²) in [6, 6.07) is 3.43. The topological polar surface area (TPSA) is 42.0 Å². The van der Waals surface area contributed by atoms with Crippen LogP contribution < -0.4 is 5.32 Å². The van der Waals surface area contributed by atoms with E-state index in [9.17, 15) is 4.79 Å². The number of carbonyl (C=O) groups excluding carboxylic acids is 1. The summed E-state index contributed by atoms with van der Waals surface area (Å²) in [7, 11) is 0. The van der Waals surface area contributed by atoms with Crippen LogP contribution in [0.4, 0.5) is 5.69 Å². The fourth-order valence-corrected chi connectivity index (χ4v) is 0.811. The van der Waals surface area contributed by atoms with Gasteiger partial charge >= 0.3 is 0 Å². The number of amides is 1. The van der Waals surface area contributed by atoms with Crippen molar-refractivity contribution in [2.24, 2.45) is 0 Å². The third-order valence-corrected chi connectivity index (χ3v) is 1.26. The molecule has 3 nitrogen and oxygen atoms in total. The first-order chi connectivity index (χ1) is 5.74. The number of rotatable bonds is 1. The van der Waals surface area contributed by atoms with E-state index >= 15 is 0 Å². The van der Waals surface area contributed by atoms with Crippen LogP contribution in [0.1, 0.15) is 12.6 Å². The van der Waals surface area contributed by atoms with E-state index in [2.05, 4.69) is 16.2 Å².